The van der Waals surface area contributed by atoms with Crippen LogP contribution in [0.15, 0.2) is 18.2 Å². The van der Waals surface area contributed by atoms with E-state index in [0.29, 0.717) is 11.7 Å². The van der Waals surface area contributed by atoms with E-state index in [4.69, 9.17) is 17.3 Å². The third-order valence-corrected chi connectivity index (χ3v) is 3.56. The SMILES string of the molecule is Cc1ccc(-c2nc(CCN)n(C)c2Cl)c(C)c1. The Morgan fingerprint density at radius 2 is 2.06 bits per heavy atom. The second kappa shape index (κ2) is 5.12. The highest BCUT2D eigenvalue weighted by Crippen LogP contribution is 2.30. The second-order valence-electron chi connectivity index (χ2n) is 4.58. The van der Waals surface area contributed by atoms with Crippen LogP contribution in [0.4, 0.5) is 0 Å². The van der Waals surface area contributed by atoms with Crippen LogP contribution in [0.1, 0.15) is 17.0 Å². The molecule has 1 aromatic heterocycles. The molecule has 0 bridgehead atoms. The average Bonchev–Trinajstić information content (AvgIpc) is 2.58. The van der Waals surface area contributed by atoms with Crippen molar-refractivity contribution >= 4 is 11.6 Å². The fraction of sp³-hybridized carbons (Fsp3) is 0.357. The van der Waals surface area contributed by atoms with Crippen LogP contribution in [0.5, 0.6) is 0 Å². The molecule has 2 aromatic rings. The predicted molar refractivity (Wildman–Crippen MR) is 75.9 cm³/mol. The van der Waals surface area contributed by atoms with Gasteiger partial charge in [-0.2, -0.15) is 0 Å². The maximum Gasteiger partial charge on any atom is 0.136 e. The number of benzene rings is 1. The molecule has 1 heterocycles. The topological polar surface area (TPSA) is 43.8 Å². The third-order valence-electron chi connectivity index (χ3n) is 3.12. The highest BCUT2D eigenvalue weighted by Gasteiger charge is 2.15. The van der Waals surface area contributed by atoms with Gasteiger partial charge in [0.25, 0.3) is 0 Å². The Kier molecular flexibility index (Phi) is 3.73. The van der Waals surface area contributed by atoms with Crippen molar-refractivity contribution in [1.29, 1.82) is 0 Å². The molecule has 0 amide bonds. The minimum atomic E-state index is 0.577. The average molecular weight is 264 g/mol. The van der Waals surface area contributed by atoms with E-state index in [-0.39, 0.29) is 0 Å². The zero-order valence-corrected chi connectivity index (χ0v) is 11.8. The van der Waals surface area contributed by atoms with Gasteiger partial charge in [-0.05, 0) is 26.0 Å². The van der Waals surface area contributed by atoms with E-state index in [0.717, 1.165) is 23.5 Å². The van der Waals surface area contributed by atoms with Gasteiger partial charge in [-0.1, -0.05) is 35.4 Å². The van der Waals surface area contributed by atoms with Gasteiger partial charge in [-0.3, -0.25) is 0 Å². The Hall–Kier alpha value is -1.32. The van der Waals surface area contributed by atoms with Crippen molar-refractivity contribution in [3.63, 3.8) is 0 Å². The zero-order chi connectivity index (χ0) is 13.3. The summed E-state index contributed by atoms with van der Waals surface area (Å²) >= 11 is 6.36. The number of nitrogens with two attached hydrogens (primary N) is 1. The molecule has 2 rings (SSSR count). The number of nitrogens with zero attached hydrogens (tertiary/aromatic N) is 2. The zero-order valence-electron chi connectivity index (χ0n) is 11.0. The lowest BCUT2D eigenvalue weighted by atomic mass is 10.0. The Morgan fingerprint density at radius 1 is 1.33 bits per heavy atom. The van der Waals surface area contributed by atoms with Crippen LogP contribution in [-0.4, -0.2) is 16.1 Å². The highest BCUT2D eigenvalue weighted by molar-refractivity contribution is 6.32. The lowest BCUT2D eigenvalue weighted by Crippen LogP contribution is -2.07. The Bertz CT molecular complexity index is 573. The predicted octanol–water partition coefficient (Wildman–Crippen LogP) is 2.86. The lowest BCUT2D eigenvalue weighted by molar-refractivity contribution is 0.778. The summed E-state index contributed by atoms with van der Waals surface area (Å²) in [5.41, 5.74) is 9.95. The second-order valence-corrected chi connectivity index (χ2v) is 4.94. The highest BCUT2D eigenvalue weighted by atomic mass is 35.5. The number of rotatable bonds is 3. The number of imidazole rings is 1. The van der Waals surface area contributed by atoms with E-state index in [9.17, 15) is 0 Å². The minimum absolute atomic E-state index is 0.577. The first-order chi connectivity index (χ1) is 8.54. The molecule has 1 aromatic carbocycles. The molecule has 3 nitrogen and oxygen atoms in total. The van der Waals surface area contributed by atoms with Gasteiger partial charge >= 0.3 is 0 Å². The normalized spacial score (nSPS) is 10.9. The van der Waals surface area contributed by atoms with Crippen molar-refractivity contribution in [2.45, 2.75) is 20.3 Å². The monoisotopic (exact) mass is 263 g/mol. The van der Waals surface area contributed by atoms with Crippen LogP contribution in [0, 0.1) is 13.8 Å². The van der Waals surface area contributed by atoms with Crippen molar-refractivity contribution in [1.82, 2.24) is 9.55 Å². The summed E-state index contributed by atoms with van der Waals surface area (Å²) in [5, 5.41) is 0.672. The molecule has 4 heteroatoms. The van der Waals surface area contributed by atoms with Crippen molar-refractivity contribution in [2.75, 3.05) is 6.54 Å². The summed E-state index contributed by atoms with van der Waals surface area (Å²) in [7, 11) is 1.92. The van der Waals surface area contributed by atoms with Crippen molar-refractivity contribution in [2.24, 2.45) is 12.8 Å². The maximum atomic E-state index is 6.36. The van der Waals surface area contributed by atoms with Gasteiger partial charge < -0.3 is 10.3 Å². The molecule has 0 radical (unpaired) electrons. The number of aryl methyl sites for hydroxylation is 2. The molecule has 2 N–H and O–H groups in total. The Morgan fingerprint density at radius 3 is 2.67 bits per heavy atom. The summed E-state index contributed by atoms with van der Waals surface area (Å²) in [4.78, 5) is 4.61. The van der Waals surface area contributed by atoms with Gasteiger partial charge in [-0.25, -0.2) is 4.98 Å². The van der Waals surface area contributed by atoms with Crippen molar-refractivity contribution in [3.8, 4) is 11.3 Å². The number of halogens is 1. The van der Waals surface area contributed by atoms with E-state index in [1.807, 2.05) is 11.6 Å². The van der Waals surface area contributed by atoms with Crippen LogP contribution >= 0.6 is 11.6 Å². The molecule has 0 aliphatic heterocycles. The fourth-order valence-electron chi connectivity index (χ4n) is 2.13. The van der Waals surface area contributed by atoms with Crippen LogP contribution in [0.25, 0.3) is 11.3 Å². The molecule has 0 aliphatic rings. The van der Waals surface area contributed by atoms with Gasteiger partial charge in [0.05, 0.1) is 0 Å². The molecule has 0 spiro atoms. The van der Waals surface area contributed by atoms with Gasteiger partial charge in [0.2, 0.25) is 0 Å². The number of hydrogen-bond acceptors (Lipinski definition) is 2. The Balaban J connectivity index is 2.53. The third kappa shape index (κ3) is 2.28. The first kappa shape index (κ1) is 13.1. The quantitative estimate of drug-likeness (QED) is 0.925. The van der Waals surface area contributed by atoms with E-state index in [1.54, 1.807) is 0 Å². The summed E-state index contributed by atoms with van der Waals surface area (Å²) in [6.45, 7) is 4.74. The molecular weight excluding hydrogens is 246 g/mol. The van der Waals surface area contributed by atoms with Gasteiger partial charge in [0.1, 0.15) is 16.7 Å². The summed E-state index contributed by atoms with van der Waals surface area (Å²) in [5.74, 6) is 0.928. The van der Waals surface area contributed by atoms with E-state index >= 15 is 0 Å². The molecule has 0 unspecified atom stereocenters. The van der Waals surface area contributed by atoms with Gasteiger partial charge in [0, 0.05) is 19.0 Å². The van der Waals surface area contributed by atoms with Crippen molar-refractivity contribution in [3.05, 3.63) is 40.3 Å². The summed E-state index contributed by atoms with van der Waals surface area (Å²) in [6, 6.07) is 6.30. The first-order valence-electron chi connectivity index (χ1n) is 6.03. The smallest absolute Gasteiger partial charge is 0.136 e. The minimum Gasteiger partial charge on any atom is -0.330 e. The van der Waals surface area contributed by atoms with Gasteiger partial charge in [0.15, 0.2) is 0 Å². The Labute approximate surface area is 113 Å². The molecule has 0 saturated heterocycles. The maximum absolute atomic E-state index is 6.36. The summed E-state index contributed by atoms with van der Waals surface area (Å²) in [6.07, 6.45) is 0.737. The van der Waals surface area contributed by atoms with E-state index in [2.05, 4.69) is 37.0 Å². The van der Waals surface area contributed by atoms with Gasteiger partial charge in [-0.15, -0.1) is 0 Å². The largest absolute Gasteiger partial charge is 0.330 e. The molecule has 0 saturated carbocycles. The van der Waals surface area contributed by atoms with Crippen LogP contribution in [0.2, 0.25) is 5.15 Å². The molecule has 0 atom stereocenters. The number of hydrogen-bond donors (Lipinski definition) is 1. The standard InChI is InChI=1S/C14H18ClN3/c1-9-4-5-11(10(2)8-9)13-14(15)18(3)12(17-13)6-7-16/h4-5,8H,6-7,16H2,1-3H3. The van der Waals surface area contributed by atoms with Crippen LogP contribution < -0.4 is 5.73 Å². The molecular formula is C14H18ClN3. The van der Waals surface area contributed by atoms with Crippen LogP contribution in [-0.2, 0) is 13.5 Å². The first-order valence-corrected chi connectivity index (χ1v) is 6.41. The van der Waals surface area contributed by atoms with Crippen LogP contribution in [0.3, 0.4) is 0 Å². The van der Waals surface area contributed by atoms with Crippen molar-refractivity contribution < 1.29 is 0 Å². The fourth-order valence-corrected chi connectivity index (χ4v) is 2.37. The summed E-state index contributed by atoms with van der Waals surface area (Å²) < 4.78 is 1.91. The molecule has 18 heavy (non-hydrogen) atoms. The number of aromatic nitrogens is 2. The molecule has 0 fully saturated rings. The molecule has 96 valence electrons. The van der Waals surface area contributed by atoms with E-state index < -0.39 is 0 Å². The van der Waals surface area contributed by atoms with E-state index in [1.165, 1.54) is 11.1 Å². The molecule has 0 aliphatic carbocycles. The lowest BCUT2D eigenvalue weighted by Gasteiger charge is -2.04.